The van der Waals surface area contributed by atoms with Crippen LogP contribution in [0.15, 0.2) is 12.7 Å². The Morgan fingerprint density at radius 1 is 1.39 bits per heavy atom. The number of rotatable bonds is 7. The number of aliphatic carboxylic acids is 1. The Morgan fingerprint density at radius 3 is 2.61 bits per heavy atom. The third-order valence-electron chi connectivity index (χ3n) is 3.31. The van der Waals surface area contributed by atoms with Gasteiger partial charge in [0, 0.05) is 12.0 Å². The van der Waals surface area contributed by atoms with E-state index in [0.29, 0.717) is 12.8 Å². The van der Waals surface area contributed by atoms with Crippen molar-refractivity contribution >= 4 is 12.1 Å². The summed E-state index contributed by atoms with van der Waals surface area (Å²) >= 11 is 0. The summed E-state index contributed by atoms with van der Waals surface area (Å²) in [5, 5.41) is 11.5. The van der Waals surface area contributed by atoms with E-state index >= 15 is 0 Å². The molecule has 0 aromatic heterocycles. The van der Waals surface area contributed by atoms with Crippen molar-refractivity contribution in [3.05, 3.63) is 12.7 Å². The molecule has 1 aliphatic rings. The number of hydrogen-bond donors (Lipinski definition) is 2. The highest BCUT2D eigenvalue weighted by Crippen LogP contribution is 2.34. The molecule has 0 aromatic rings. The van der Waals surface area contributed by atoms with Gasteiger partial charge in [-0.2, -0.15) is 0 Å². The Morgan fingerprint density at radius 2 is 2.06 bits per heavy atom. The number of carbonyl (C=O) groups excluding carboxylic acids is 1. The van der Waals surface area contributed by atoms with Crippen molar-refractivity contribution in [2.24, 2.45) is 0 Å². The third kappa shape index (κ3) is 4.77. The second-order valence-electron chi connectivity index (χ2n) is 4.75. The van der Waals surface area contributed by atoms with Gasteiger partial charge in [0.15, 0.2) is 0 Å². The molecule has 1 saturated carbocycles. The SMILES string of the molecule is C=CCOC(=O)NC1(CCCC(=O)O)CCCC1. The molecule has 0 bridgehead atoms. The van der Waals surface area contributed by atoms with Gasteiger partial charge in [0.1, 0.15) is 6.61 Å². The summed E-state index contributed by atoms with van der Waals surface area (Å²) < 4.78 is 4.92. The number of nitrogens with one attached hydrogen (secondary N) is 1. The first-order valence-corrected chi connectivity index (χ1v) is 6.36. The summed E-state index contributed by atoms with van der Waals surface area (Å²) in [6, 6.07) is 0. The molecule has 5 heteroatoms. The van der Waals surface area contributed by atoms with Gasteiger partial charge in [-0.15, -0.1) is 0 Å². The lowest BCUT2D eigenvalue weighted by Crippen LogP contribution is -2.46. The molecule has 0 spiro atoms. The van der Waals surface area contributed by atoms with Crippen molar-refractivity contribution in [2.75, 3.05) is 6.61 Å². The van der Waals surface area contributed by atoms with Crippen LogP contribution in [-0.4, -0.2) is 29.3 Å². The normalized spacial score (nSPS) is 17.1. The maximum atomic E-state index is 11.6. The Bertz CT molecular complexity index is 308. The van der Waals surface area contributed by atoms with Gasteiger partial charge < -0.3 is 15.2 Å². The topological polar surface area (TPSA) is 75.6 Å². The molecule has 1 rings (SSSR count). The van der Waals surface area contributed by atoms with Crippen molar-refractivity contribution in [3.8, 4) is 0 Å². The predicted molar refractivity (Wildman–Crippen MR) is 67.4 cm³/mol. The summed E-state index contributed by atoms with van der Waals surface area (Å²) in [5.74, 6) is -0.794. The molecule has 0 atom stereocenters. The number of carboxylic acids is 1. The van der Waals surface area contributed by atoms with Gasteiger partial charge in [-0.25, -0.2) is 4.79 Å². The first-order chi connectivity index (χ1) is 8.58. The molecule has 18 heavy (non-hydrogen) atoms. The van der Waals surface area contributed by atoms with Crippen LogP contribution in [0.3, 0.4) is 0 Å². The van der Waals surface area contributed by atoms with E-state index in [9.17, 15) is 9.59 Å². The minimum absolute atomic E-state index is 0.144. The molecule has 0 aliphatic heterocycles. The molecule has 0 saturated heterocycles. The minimum atomic E-state index is -0.794. The predicted octanol–water partition coefficient (Wildman–Crippen LogP) is 2.47. The van der Waals surface area contributed by atoms with E-state index < -0.39 is 12.1 Å². The smallest absolute Gasteiger partial charge is 0.407 e. The minimum Gasteiger partial charge on any atom is -0.481 e. The lowest BCUT2D eigenvalue weighted by Gasteiger charge is -2.29. The van der Waals surface area contributed by atoms with Crippen molar-refractivity contribution in [3.63, 3.8) is 0 Å². The fourth-order valence-corrected chi connectivity index (χ4v) is 2.45. The van der Waals surface area contributed by atoms with Crippen molar-refractivity contribution < 1.29 is 19.4 Å². The average Bonchev–Trinajstić information content (AvgIpc) is 2.74. The molecule has 0 radical (unpaired) electrons. The van der Waals surface area contributed by atoms with Gasteiger partial charge in [0.05, 0.1) is 0 Å². The zero-order chi connectivity index (χ0) is 13.4. The Balaban J connectivity index is 2.44. The van der Waals surface area contributed by atoms with Crippen LogP contribution < -0.4 is 5.32 Å². The van der Waals surface area contributed by atoms with E-state index in [1.54, 1.807) is 0 Å². The van der Waals surface area contributed by atoms with E-state index in [4.69, 9.17) is 9.84 Å². The summed E-state index contributed by atoms with van der Waals surface area (Å²) in [7, 11) is 0. The zero-order valence-corrected chi connectivity index (χ0v) is 10.6. The summed E-state index contributed by atoms with van der Waals surface area (Å²) in [5.41, 5.74) is -0.270. The third-order valence-corrected chi connectivity index (χ3v) is 3.31. The lowest BCUT2D eigenvalue weighted by molar-refractivity contribution is -0.137. The van der Waals surface area contributed by atoms with E-state index in [2.05, 4.69) is 11.9 Å². The highest BCUT2D eigenvalue weighted by Gasteiger charge is 2.35. The summed E-state index contributed by atoms with van der Waals surface area (Å²) in [6.07, 6.45) is 6.43. The Kier molecular flexibility index (Phi) is 5.68. The molecule has 1 fully saturated rings. The van der Waals surface area contributed by atoms with Crippen LogP contribution in [-0.2, 0) is 9.53 Å². The molecular formula is C13H21NO4. The van der Waals surface area contributed by atoms with E-state index in [1.807, 2.05) is 0 Å². The standard InChI is InChI=1S/C13H21NO4/c1-2-10-18-12(17)14-13(7-3-4-8-13)9-5-6-11(15)16/h2H,1,3-10H2,(H,14,17)(H,15,16). The van der Waals surface area contributed by atoms with Crippen molar-refractivity contribution in [2.45, 2.75) is 50.5 Å². The van der Waals surface area contributed by atoms with Crippen LogP contribution in [0.2, 0.25) is 0 Å². The number of alkyl carbamates (subject to hydrolysis) is 1. The van der Waals surface area contributed by atoms with Crippen molar-refractivity contribution in [1.82, 2.24) is 5.32 Å². The Labute approximate surface area is 107 Å². The van der Waals surface area contributed by atoms with E-state index in [0.717, 1.165) is 25.7 Å². The monoisotopic (exact) mass is 255 g/mol. The van der Waals surface area contributed by atoms with Crippen LogP contribution in [0, 0.1) is 0 Å². The second-order valence-corrected chi connectivity index (χ2v) is 4.75. The van der Waals surface area contributed by atoms with Gasteiger partial charge >= 0.3 is 12.1 Å². The van der Waals surface area contributed by atoms with Gasteiger partial charge in [0.2, 0.25) is 0 Å². The summed E-state index contributed by atoms with van der Waals surface area (Å²) in [6.45, 7) is 3.67. The largest absolute Gasteiger partial charge is 0.481 e. The van der Waals surface area contributed by atoms with Gasteiger partial charge in [0.25, 0.3) is 0 Å². The molecule has 5 nitrogen and oxygen atoms in total. The number of hydrogen-bond acceptors (Lipinski definition) is 3. The maximum absolute atomic E-state index is 11.6. The first kappa shape index (κ1) is 14.5. The lowest BCUT2D eigenvalue weighted by atomic mass is 9.91. The highest BCUT2D eigenvalue weighted by atomic mass is 16.5. The van der Waals surface area contributed by atoms with Gasteiger partial charge in [-0.05, 0) is 25.7 Å². The molecular weight excluding hydrogens is 234 g/mol. The molecule has 1 aliphatic carbocycles. The molecule has 102 valence electrons. The van der Waals surface area contributed by atoms with Gasteiger partial charge in [-0.1, -0.05) is 25.5 Å². The number of ether oxygens (including phenoxy) is 1. The fraction of sp³-hybridized carbons (Fsp3) is 0.692. The highest BCUT2D eigenvalue weighted by molar-refractivity contribution is 5.68. The number of amides is 1. The molecule has 0 heterocycles. The van der Waals surface area contributed by atoms with Crippen LogP contribution in [0.25, 0.3) is 0 Å². The van der Waals surface area contributed by atoms with Gasteiger partial charge in [-0.3, -0.25) is 4.79 Å². The quantitative estimate of drug-likeness (QED) is 0.685. The molecule has 0 unspecified atom stereocenters. The molecule has 1 amide bonds. The van der Waals surface area contributed by atoms with Crippen LogP contribution in [0.1, 0.15) is 44.9 Å². The average molecular weight is 255 g/mol. The fourth-order valence-electron chi connectivity index (χ4n) is 2.45. The molecule has 2 N–H and O–H groups in total. The number of carbonyl (C=O) groups is 2. The first-order valence-electron chi connectivity index (χ1n) is 6.36. The summed E-state index contributed by atoms with van der Waals surface area (Å²) in [4.78, 5) is 22.1. The maximum Gasteiger partial charge on any atom is 0.407 e. The van der Waals surface area contributed by atoms with Crippen molar-refractivity contribution in [1.29, 1.82) is 0 Å². The van der Waals surface area contributed by atoms with Crippen LogP contribution in [0.5, 0.6) is 0 Å². The van der Waals surface area contributed by atoms with E-state index in [-0.39, 0.29) is 18.6 Å². The zero-order valence-electron chi connectivity index (χ0n) is 10.6. The second kappa shape index (κ2) is 7.03. The van der Waals surface area contributed by atoms with Crippen LogP contribution in [0.4, 0.5) is 4.79 Å². The van der Waals surface area contributed by atoms with E-state index in [1.165, 1.54) is 6.08 Å². The number of carboxylic acid groups (broad SMARTS) is 1. The van der Waals surface area contributed by atoms with Crippen LogP contribution >= 0.6 is 0 Å². The molecule has 0 aromatic carbocycles. The Hall–Kier alpha value is -1.52.